The van der Waals surface area contributed by atoms with Gasteiger partial charge in [0.1, 0.15) is 0 Å². The molecular formula is C13H16N2. The minimum Gasteiger partial charge on any atom is -0.399 e. The smallest absolute Gasteiger partial charge is 0.0655 e. The zero-order chi connectivity index (χ0) is 10.7. The van der Waals surface area contributed by atoms with Crippen LogP contribution in [0.25, 0.3) is 0 Å². The Labute approximate surface area is 90.7 Å². The fourth-order valence-corrected chi connectivity index (χ4v) is 2.32. The van der Waals surface area contributed by atoms with Crippen LogP contribution in [0.15, 0.2) is 24.3 Å². The largest absolute Gasteiger partial charge is 0.399 e. The number of nitrogens with zero attached hydrogens (tertiary/aromatic N) is 1. The Hall–Kier alpha value is -1.49. The van der Waals surface area contributed by atoms with E-state index in [2.05, 4.69) is 18.2 Å². The maximum absolute atomic E-state index is 8.82. The van der Waals surface area contributed by atoms with Gasteiger partial charge >= 0.3 is 0 Å². The summed E-state index contributed by atoms with van der Waals surface area (Å²) in [6.07, 6.45) is 4.38. The fourth-order valence-electron chi connectivity index (χ4n) is 2.32. The number of anilines is 1. The number of nitrogens with two attached hydrogens (primary N) is 1. The summed E-state index contributed by atoms with van der Waals surface area (Å²) in [5, 5.41) is 8.82. The average Bonchev–Trinajstić information content (AvgIpc) is 2.30. The summed E-state index contributed by atoms with van der Waals surface area (Å²) in [7, 11) is 0. The number of rotatable bonds is 1. The highest BCUT2D eigenvalue weighted by Crippen LogP contribution is 2.35. The van der Waals surface area contributed by atoms with Crippen molar-refractivity contribution >= 4 is 5.69 Å². The monoisotopic (exact) mass is 200 g/mol. The molecule has 0 heterocycles. The van der Waals surface area contributed by atoms with Crippen LogP contribution in [0, 0.1) is 17.2 Å². The number of nitrogen functional groups attached to an aromatic ring is 1. The normalized spacial score (nSPS) is 25.8. The van der Waals surface area contributed by atoms with Crippen LogP contribution in [0.2, 0.25) is 0 Å². The molecule has 0 spiro atoms. The summed E-state index contributed by atoms with van der Waals surface area (Å²) in [5.74, 6) is 0.922. The molecule has 1 saturated carbocycles. The van der Waals surface area contributed by atoms with E-state index >= 15 is 0 Å². The zero-order valence-electron chi connectivity index (χ0n) is 8.82. The Balaban J connectivity index is 2.02. The molecule has 2 N–H and O–H groups in total. The molecule has 1 aliphatic rings. The summed E-state index contributed by atoms with van der Waals surface area (Å²) in [5.41, 5.74) is 7.86. The van der Waals surface area contributed by atoms with Gasteiger partial charge in [0, 0.05) is 11.6 Å². The van der Waals surface area contributed by atoms with Gasteiger partial charge in [-0.1, -0.05) is 12.1 Å². The molecule has 0 unspecified atom stereocenters. The van der Waals surface area contributed by atoms with Gasteiger partial charge in [-0.3, -0.25) is 0 Å². The maximum atomic E-state index is 8.82. The van der Waals surface area contributed by atoms with Crippen LogP contribution in [0.4, 0.5) is 5.69 Å². The molecule has 2 nitrogen and oxygen atoms in total. The van der Waals surface area contributed by atoms with E-state index in [0.29, 0.717) is 5.92 Å². The molecule has 1 fully saturated rings. The lowest BCUT2D eigenvalue weighted by Crippen LogP contribution is -2.11. The van der Waals surface area contributed by atoms with Gasteiger partial charge in [-0.15, -0.1) is 0 Å². The van der Waals surface area contributed by atoms with Crippen LogP contribution < -0.4 is 5.73 Å². The van der Waals surface area contributed by atoms with Crippen molar-refractivity contribution < 1.29 is 0 Å². The second-order valence-corrected chi connectivity index (χ2v) is 4.34. The van der Waals surface area contributed by atoms with E-state index < -0.39 is 0 Å². The van der Waals surface area contributed by atoms with Gasteiger partial charge in [0.05, 0.1) is 6.07 Å². The Kier molecular flexibility index (Phi) is 2.91. The highest BCUT2D eigenvalue weighted by molar-refractivity contribution is 5.40. The molecule has 1 aromatic carbocycles. The predicted octanol–water partition coefficient (Wildman–Crippen LogP) is 3.07. The molecule has 0 aromatic heterocycles. The summed E-state index contributed by atoms with van der Waals surface area (Å²) < 4.78 is 0. The first-order valence-corrected chi connectivity index (χ1v) is 5.54. The van der Waals surface area contributed by atoms with E-state index in [1.165, 1.54) is 5.56 Å². The summed E-state index contributed by atoms with van der Waals surface area (Å²) in [4.78, 5) is 0. The van der Waals surface area contributed by atoms with Gasteiger partial charge < -0.3 is 5.73 Å². The van der Waals surface area contributed by atoms with Crippen LogP contribution in [0.1, 0.15) is 37.2 Å². The van der Waals surface area contributed by atoms with Crippen molar-refractivity contribution in [2.75, 3.05) is 5.73 Å². The Bertz CT molecular complexity index is 353. The lowest BCUT2D eigenvalue weighted by Gasteiger charge is -2.25. The molecule has 2 heteroatoms. The van der Waals surface area contributed by atoms with Gasteiger partial charge in [-0.05, 0) is 49.3 Å². The molecule has 0 amide bonds. The molecule has 1 aromatic rings. The second kappa shape index (κ2) is 4.35. The van der Waals surface area contributed by atoms with E-state index in [0.717, 1.165) is 31.4 Å². The molecule has 2 rings (SSSR count). The van der Waals surface area contributed by atoms with Gasteiger partial charge in [-0.25, -0.2) is 0 Å². The minimum absolute atomic E-state index is 0.287. The van der Waals surface area contributed by atoms with Crippen LogP contribution in [-0.4, -0.2) is 0 Å². The van der Waals surface area contributed by atoms with Gasteiger partial charge in [0.2, 0.25) is 0 Å². The molecule has 78 valence electrons. The molecule has 0 atom stereocenters. The Morgan fingerprint density at radius 1 is 1.07 bits per heavy atom. The first-order chi connectivity index (χ1) is 7.29. The molecule has 0 aliphatic heterocycles. The second-order valence-electron chi connectivity index (χ2n) is 4.34. The average molecular weight is 200 g/mol. The van der Waals surface area contributed by atoms with Crippen molar-refractivity contribution in [1.82, 2.24) is 0 Å². The lowest BCUT2D eigenvalue weighted by atomic mass is 9.79. The molecule has 0 radical (unpaired) electrons. The third-order valence-corrected chi connectivity index (χ3v) is 3.32. The molecule has 0 saturated heterocycles. The van der Waals surface area contributed by atoms with Crippen molar-refractivity contribution in [2.45, 2.75) is 31.6 Å². The van der Waals surface area contributed by atoms with Gasteiger partial charge in [-0.2, -0.15) is 5.26 Å². The predicted molar refractivity (Wildman–Crippen MR) is 61.2 cm³/mol. The summed E-state index contributed by atoms with van der Waals surface area (Å²) >= 11 is 0. The minimum atomic E-state index is 0.287. The van der Waals surface area contributed by atoms with E-state index in [4.69, 9.17) is 11.0 Å². The molecular weight excluding hydrogens is 184 g/mol. The quantitative estimate of drug-likeness (QED) is 0.708. The third-order valence-electron chi connectivity index (χ3n) is 3.32. The number of nitriles is 1. The van der Waals surface area contributed by atoms with Crippen LogP contribution in [0.3, 0.4) is 0 Å². The molecule has 1 aliphatic carbocycles. The standard InChI is InChI=1S/C13H16N2/c14-9-10-1-3-11(4-2-10)12-5-7-13(15)8-6-12/h5-8,10-11H,1-4,15H2. The van der Waals surface area contributed by atoms with Crippen molar-refractivity contribution in [3.05, 3.63) is 29.8 Å². The van der Waals surface area contributed by atoms with E-state index in [1.54, 1.807) is 0 Å². The molecule has 15 heavy (non-hydrogen) atoms. The first kappa shape index (κ1) is 10.0. The van der Waals surface area contributed by atoms with Crippen molar-refractivity contribution in [3.8, 4) is 6.07 Å². The molecule has 0 bridgehead atoms. The first-order valence-electron chi connectivity index (χ1n) is 5.54. The number of benzene rings is 1. The van der Waals surface area contributed by atoms with Crippen LogP contribution >= 0.6 is 0 Å². The summed E-state index contributed by atoms with van der Waals surface area (Å²) in [6, 6.07) is 10.5. The van der Waals surface area contributed by atoms with Gasteiger partial charge in [0.15, 0.2) is 0 Å². The maximum Gasteiger partial charge on any atom is 0.0655 e. The number of hydrogen-bond donors (Lipinski definition) is 1. The van der Waals surface area contributed by atoms with Gasteiger partial charge in [0.25, 0.3) is 0 Å². The van der Waals surface area contributed by atoms with Crippen LogP contribution in [0.5, 0.6) is 0 Å². The Morgan fingerprint density at radius 3 is 2.20 bits per heavy atom. The van der Waals surface area contributed by atoms with Crippen molar-refractivity contribution in [3.63, 3.8) is 0 Å². The van der Waals surface area contributed by atoms with E-state index in [1.807, 2.05) is 12.1 Å². The van der Waals surface area contributed by atoms with Crippen LogP contribution in [-0.2, 0) is 0 Å². The van der Waals surface area contributed by atoms with E-state index in [9.17, 15) is 0 Å². The van der Waals surface area contributed by atoms with E-state index in [-0.39, 0.29) is 5.92 Å². The van der Waals surface area contributed by atoms with Crippen molar-refractivity contribution in [1.29, 1.82) is 5.26 Å². The Morgan fingerprint density at radius 2 is 1.67 bits per heavy atom. The number of hydrogen-bond acceptors (Lipinski definition) is 2. The SMILES string of the molecule is N#CC1CCC(c2ccc(N)cc2)CC1. The highest BCUT2D eigenvalue weighted by Gasteiger charge is 2.21. The summed E-state index contributed by atoms with van der Waals surface area (Å²) in [6.45, 7) is 0. The zero-order valence-corrected chi connectivity index (χ0v) is 8.82. The highest BCUT2D eigenvalue weighted by atomic mass is 14.5. The topological polar surface area (TPSA) is 49.8 Å². The lowest BCUT2D eigenvalue weighted by molar-refractivity contribution is 0.382. The third kappa shape index (κ3) is 2.30. The van der Waals surface area contributed by atoms with Crippen molar-refractivity contribution in [2.24, 2.45) is 5.92 Å². The fraction of sp³-hybridized carbons (Fsp3) is 0.462.